The van der Waals surface area contributed by atoms with Gasteiger partial charge >= 0.3 is 0 Å². The fourth-order valence-corrected chi connectivity index (χ4v) is 1.34. The Bertz CT molecular complexity index is 324. The molecule has 0 amide bonds. The molecule has 0 aromatic heterocycles. The minimum Gasteiger partial charge on any atom is -0.507 e. The first-order valence-corrected chi connectivity index (χ1v) is 4.41. The van der Waals surface area contributed by atoms with E-state index in [0.717, 1.165) is 0 Å². The van der Waals surface area contributed by atoms with Crippen molar-refractivity contribution < 1.29 is 9.50 Å². The van der Waals surface area contributed by atoms with Crippen molar-refractivity contribution in [3.05, 3.63) is 54.4 Å². The van der Waals surface area contributed by atoms with Crippen molar-refractivity contribution >= 4 is 0 Å². The van der Waals surface area contributed by atoms with Crippen LogP contribution in [0, 0.1) is 5.82 Å². The van der Waals surface area contributed by atoms with Crippen molar-refractivity contribution in [3.8, 4) is 5.75 Å². The Morgan fingerprint density at radius 2 is 1.57 bits per heavy atom. The molecule has 2 heteroatoms. The van der Waals surface area contributed by atoms with Gasteiger partial charge < -0.3 is 5.11 Å². The lowest BCUT2D eigenvalue weighted by Gasteiger charge is -2.07. The zero-order chi connectivity index (χ0) is 10.6. The van der Waals surface area contributed by atoms with Crippen LogP contribution in [0.3, 0.4) is 0 Å². The molecular formula is C12H13FO. The third-order valence-corrected chi connectivity index (χ3v) is 1.96. The Labute approximate surface area is 83.2 Å². The number of hydrogen-bond acceptors (Lipinski definition) is 1. The Morgan fingerprint density at radius 1 is 1.14 bits per heavy atom. The molecule has 1 nitrogen and oxygen atoms in total. The highest BCUT2D eigenvalue weighted by molar-refractivity contribution is 5.42. The SMILES string of the molecule is C=CCc1cc(F)cc(CC=C)c1O. The molecule has 0 heterocycles. The maximum Gasteiger partial charge on any atom is 0.124 e. The molecule has 1 rings (SSSR count). The van der Waals surface area contributed by atoms with Gasteiger partial charge in [0.25, 0.3) is 0 Å². The average molecular weight is 192 g/mol. The van der Waals surface area contributed by atoms with Gasteiger partial charge in [0, 0.05) is 11.1 Å². The van der Waals surface area contributed by atoms with E-state index >= 15 is 0 Å². The van der Waals surface area contributed by atoms with E-state index in [1.54, 1.807) is 12.2 Å². The summed E-state index contributed by atoms with van der Waals surface area (Å²) in [4.78, 5) is 0. The molecule has 1 aromatic carbocycles. The van der Waals surface area contributed by atoms with E-state index in [1.807, 2.05) is 0 Å². The van der Waals surface area contributed by atoms with E-state index < -0.39 is 0 Å². The molecule has 0 radical (unpaired) electrons. The largest absolute Gasteiger partial charge is 0.507 e. The monoisotopic (exact) mass is 192 g/mol. The standard InChI is InChI=1S/C12H13FO/c1-3-5-9-7-11(13)8-10(6-4-2)12(9)14/h3-4,7-8,14H,1-2,5-6H2. The van der Waals surface area contributed by atoms with Crippen LogP contribution in [0.5, 0.6) is 5.75 Å². The molecule has 0 saturated carbocycles. The van der Waals surface area contributed by atoms with E-state index in [2.05, 4.69) is 13.2 Å². The van der Waals surface area contributed by atoms with Crippen molar-refractivity contribution in [3.63, 3.8) is 0 Å². The average Bonchev–Trinajstić information content (AvgIpc) is 2.14. The molecule has 0 spiro atoms. The van der Waals surface area contributed by atoms with E-state index in [9.17, 15) is 9.50 Å². The van der Waals surface area contributed by atoms with Crippen LogP contribution < -0.4 is 0 Å². The fourth-order valence-electron chi connectivity index (χ4n) is 1.34. The van der Waals surface area contributed by atoms with E-state index in [0.29, 0.717) is 24.0 Å². The van der Waals surface area contributed by atoms with Gasteiger partial charge in [0.15, 0.2) is 0 Å². The van der Waals surface area contributed by atoms with Crippen molar-refractivity contribution in [2.45, 2.75) is 12.8 Å². The van der Waals surface area contributed by atoms with Gasteiger partial charge in [-0.25, -0.2) is 4.39 Å². The Hall–Kier alpha value is -1.57. The highest BCUT2D eigenvalue weighted by Gasteiger charge is 2.07. The summed E-state index contributed by atoms with van der Waals surface area (Å²) in [6.45, 7) is 7.10. The van der Waals surface area contributed by atoms with Crippen molar-refractivity contribution in [2.24, 2.45) is 0 Å². The maximum atomic E-state index is 13.1. The van der Waals surface area contributed by atoms with E-state index in [1.165, 1.54) is 12.1 Å². The van der Waals surface area contributed by atoms with Gasteiger partial charge in [-0.05, 0) is 25.0 Å². The van der Waals surface area contributed by atoms with Gasteiger partial charge in [-0.2, -0.15) is 0 Å². The third-order valence-electron chi connectivity index (χ3n) is 1.96. The first-order valence-electron chi connectivity index (χ1n) is 4.41. The second-order valence-electron chi connectivity index (χ2n) is 3.06. The maximum absolute atomic E-state index is 13.1. The molecular weight excluding hydrogens is 179 g/mol. The Morgan fingerprint density at radius 3 is 1.93 bits per heavy atom. The van der Waals surface area contributed by atoms with Crippen LogP contribution in [0.1, 0.15) is 11.1 Å². The van der Waals surface area contributed by atoms with Crippen LogP contribution in [0.15, 0.2) is 37.4 Å². The number of allylic oxidation sites excluding steroid dienone is 2. The summed E-state index contributed by atoms with van der Waals surface area (Å²) < 4.78 is 13.1. The van der Waals surface area contributed by atoms with Gasteiger partial charge in [-0.1, -0.05) is 12.2 Å². The number of halogens is 1. The second-order valence-corrected chi connectivity index (χ2v) is 3.06. The highest BCUT2D eigenvalue weighted by atomic mass is 19.1. The summed E-state index contributed by atoms with van der Waals surface area (Å²) in [6, 6.07) is 2.65. The molecule has 0 aliphatic carbocycles. The number of aromatic hydroxyl groups is 1. The van der Waals surface area contributed by atoms with E-state index in [-0.39, 0.29) is 11.6 Å². The fraction of sp³-hybridized carbons (Fsp3) is 0.167. The van der Waals surface area contributed by atoms with Crippen molar-refractivity contribution in [2.75, 3.05) is 0 Å². The summed E-state index contributed by atoms with van der Waals surface area (Å²) in [6.07, 6.45) is 4.19. The van der Waals surface area contributed by atoms with Crippen LogP contribution in [0.4, 0.5) is 4.39 Å². The predicted octanol–water partition coefficient (Wildman–Crippen LogP) is 2.99. The second kappa shape index (κ2) is 4.61. The first kappa shape index (κ1) is 10.5. The minimum absolute atomic E-state index is 0.145. The number of phenolic OH excluding ortho intramolecular Hbond substituents is 1. The third kappa shape index (κ3) is 2.22. The van der Waals surface area contributed by atoms with Crippen molar-refractivity contribution in [1.82, 2.24) is 0 Å². The van der Waals surface area contributed by atoms with Crippen LogP contribution >= 0.6 is 0 Å². The molecule has 0 atom stereocenters. The number of phenols is 1. The molecule has 74 valence electrons. The van der Waals surface area contributed by atoms with Crippen LogP contribution in [0.25, 0.3) is 0 Å². The van der Waals surface area contributed by atoms with Crippen LogP contribution in [-0.4, -0.2) is 5.11 Å². The molecule has 0 unspecified atom stereocenters. The number of rotatable bonds is 4. The predicted molar refractivity (Wildman–Crippen MR) is 55.9 cm³/mol. The summed E-state index contributed by atoms with van der Waals surface area (Å²) in [5, 5.41) is 9.71. The molecule has 0 saturated heterocycles. The van der Waals surface area contributed by atoms with Gasteiger partial charge in [0.2, 0.25) is 0 Å². The lowest BCUT2D eigenvalue weighted by Crippen LogP contribution is -1.91. The molecule has 1 N–H and O–H groups in total. The zero-order valence-corrected chi connectivity index (χ0v) is 7.96. The molecule has 0 aliphatic rings. The highest BCUT2D eigenvalue weighted by Crippen LogP contribution is 2.25. The lowest BCUT2D eigenvalue weighted by atomic mass is 10.0. The van der Waals surface area contributed by atoms with Crippen molar-refractivity contribution in [1.29, 1.82) is 0 Å². The zero-order valence-electron chi connectivity index (χ0n) is 7.96. The molecule has 0 aliphatic heterocycles. The number of benzene rings is 1. The first-order chi connectivity index (χ1) is 6.69. The number of hydrogen-bond donors (Lipinski definition) is 1. The lowest BCUT2D eigenvalue weighted by molar-refractivity contribution is 0.461. The van der Waals surface area contributed by atoms with Gasteiger partial charge in [-0.15, -0.1) is 13.2 Å². The van der Waals surface area contributed by atoms with E-state index in [4.69, 9.17) is 0 Å². The smallest absolute Gasteiger partial charge is 0.124 e. The summed E-state index contributed by atoms with van der Waals surface area (Å²) in [5.74, 6) is -0.192. The van der Waals surface area contributed by atoms with Crippen LogP contribution in [0.2, 0.25) is 0 Å². The quantitative estimate of drug-likeness (QED) is 0.727. The molecule has 0 fully saturated rings. The summed E-state index contributed by atoms with van der Waals surface area (Å²) in [7, 11) is 0. The molecule has 0 bridgehead atoms. The van der Waals surface area contributed by atoms with Gasteiger partial charge in [0.1, 0.15) is 11.6 Å². The summed E-state index contributed by atoms with van der Waals surface area (Å²) in [5.41, 5.74) is 1.13. The molecule has 1 aromatic rings. The normalized spacial score (nSPS) is 9.79. The molecule has 14 heavy (non-hydrogen) atoms. The Balaban J connectivity index is 3.16. The van der Waals surface area contributed by atoms with Gasteiger partial charge in [-0.3, -0.25) is 0 Å². The minimum atomic E-state index is -0.337. The topological polar surface area (TPSA) is 20.2 Å². The van der Waals surface area contributed by atoms with Crippen LogP contribution in [-0.2, 0) is 12.8 Å². The Kier molecular flexibility index (Phi) is 3.46. The summed E-state index contributed by atoms with van der Waals surface area (Å²) >= 11 is 0. The van der Waals surface area contributed by atoms with Gasteiger partial charge in [0.05, 0.1) is 0 Å².